The van der Waals surface area contributed by atoms with Crippen LogP contribution in [0, 0.1) is 68.2 Å². The van der Waals surface area contributed by atoms with Gasteiger partial charge in [0.15, 0.2) is 29.0 Å². The molecule has 12 aromatic rings. The Morgan fingerprint density at radius 2 is 0.836 bits per heavy atom. The van der Waals surface area contributed by atoms with Crippen LogP contribution in [-0.4, -0.2) is 172 Å². The zero-order chi connectivity index (χ0) is 80.2. The van der Waals surface area contributed by atoms with Crippen molar-refractivity contribution in [1.29, 1.82) is 0 Å². The smallest absolute Gasteiger partial charge is 0.435 e. The minimum absolute atomic E-state index is 0.0115. The second-order valence-electron chi connectivity index (χ2n) is 23.7. The summed E-state index contributed by atoms with van der Waals surface area (Å²) in [4.78, 5) is 116. The Balaban J connectivity index is 0.000000169. The van der Waals surface area contributed by atoms with Crippen molar-refractivity contribution in [2.75, 3.05) is 23.0 Å². The number of nitro groups is 4. The molecule has 12 rings (SSSR count). The van der Waals surface area contributed by atoms with Crippen molar-refractivity contribution in [3.8, 4) is 90.2 Å². The highest BCUT2D eigenvalue weighted by Gasteiger charge is 2.35. The van der Waals surface area contributed by atoms with Crippen LogP contribution in [-0.2, 0) is 50.8 Å². The maximum Gasteiger partial charge on any atom is 0.435 e. The monoisotopic (exact) mass is 1590 g/mol. The summed E-state index contributed by atoms with van der Waals surface area (Å²) in [5, 5.41) is 98.3. The molecule has 0 atom stereocenters. The quantitative estimate of drug-likeness (QED) is 0.0191. The molecule has 45 heteroatoms. The van der Waals surface area contributed by atoms with E-state index >= 15 is 0 Å². The van der Waals surface area contributed by atoms with Crippen LogP contribution in [0.15, 0.2) is 116 Å². The number of nitrogens with zero attached hydrogens (tertiary/aromatic N) is 19. The Morgan fingerprint density at radius 1 is 0.482 bits per heavy atom. The number of benzene rings is 4. The molecule has 4 aromatic carbocycles. The molecule has 8 aromatic heterocycles. The number of carbonyl (C=O) groups is 5. The lowest BCUT2D eigenvalue weighted by Gasteiger charge is -2.05. The molecule has 0 saturated carbocycles. The number of hydrogen-bond acceptors (Lipinski definition) is 30. The molecule has 0 unspecified atom stereocenters. The average molecular weight is 1590 g/mol. The number of hydrogen-bond donors (Lipinski definition) is 5. The number of halogens is 3. The van der Waals surface area contributed by atoms with E-state index in [1.165, 1.54) is 124 Å². The van der Waals surface area contributed by atoms with Crippen molar-refractivity contribution < 1.29 is 66.5 Å². The standard InChI is InChI=1S/C17H18N6O3S.C16H13F3N6O3S.C16H14N6O5S.C16H15N5O4S/c1-9(24)8-27-17-18-16(19-20-17)13-5-12(6-14(7-13)23(25)26)15-10(2)21-22(4)11(15)3;1-8(26)7-29-15-20-14(21-22-15)10-3-9(4-11(5-10)25(27)28)12-6-13(16(17,18)19)23-24(12)2;1-9(23)8-28-16-18-15(19-20-16)11-2-10(3-13(4-11)22(26)27)12-5-17-21(6-12)7-14(24)25;1-8(22)7-26-16-17-15(18-19-16)12-4-11(5-13(6-12)21(23)24)14-9(2)20-25-10(14)3/h5-7H,8H2,1-4H3,(H,18,19,20);3-6H,7H2,1-2H3,(H,20,21,22);2-6H,7-8H2,1H3,(H,24,25)(H,18,19,20);4-6H,7H2,1-3H3,(H,17,18,19). The van der Waals surface area contributed by atoms with E-state index in [9.17, 15) is 77.6 Å². The highest BCUT2D eigenvalue weighted by molar-refractivity contribution is 8.00. The van der Waals surface area contributed by atoms with E-state index in [4.69, 9.17) is 9.63 Å². The number of carboxylic acid groups (broad SMARTS) is 1. The van der Waals surface area contributed by atoms with E-state index in [1.807, 2.05) is 27.0 Å². The molecule has 0 bridgehead atoms. The molecule has 0 spiro atoms. The first-order chi connectivity index (χ1) is 52.0. The highest BCUT2D eigenvalue weighted by Crippen LogP contribution is 2.39. The lowest BCUT2D eigenvalue weighted by Crippen LogP contribution is -2.08. The van der Waals surface area contributed by atoms with Crippen molar-refractivity contribution >= 4 is 98.9 Å². The number of aryl methyl sites for hydroxylation is 5. The molecule has 0 aliphatic heterocycles. The Labute approximate surface area is 633 Å². The number of thioether (sulfide) groups is 4. The van der Waals surface area contributed by atoms with Crippen LogP contribution in [0.2, 0.25) is 0 Å². The third-order valence-electron chi connectivity index (χ3n) is 14.9. The van der Waals surface area contributed by atoms with Gasteiger partial charge in [-0.25, -0.2) is 19.9 Å². The minimum Gasteiger partial charge on any atom is -0.480 e. The van der Waals surface area contributed by atoms with Gasteiger partial charge in [0.25, 0.3) is 22.7 Å². The molecule has 0 amide bonds. The maximum absolute atomic E-state index is 12.9. The lowest BCUT2D eigenvalue weighted by atomic mass is 10.00. The highest BCUT2D eigenvalue weighted by atomic mass is 32.2. The van der Waals surface area contributed by atoms with Gasteiger partial charge in [-0.15, -0.1) is 20.4 Å². The van der Waals surface area contributed by atoms with Gasteiger partial charge in [0.2, 0.25) is 20.6 Å². The van der Waals surface area contributed by atoms with Gasteiger partial charge in [0.05, 0.1) is 66.0 Å². The number of aromatic amines is 4. The molecule has 38 nitrogen and oxygen atoms in total. The molecule has 0 aliphatic carbocycles. The van der Waals surface area contributed by atoms with E-state index in [1.54, 1.807) is 30.7 Å². The van der Waals surface area contributed by atoms with Crippen molar-refractivity contribution in [2.45, 2.75) is 88.7 Å². The number of aliphatic carboxylic acids is 1. The lowest BCUT2D eigenvalue weighted by molar-refractivity contribution is -0.384. The minimum atomic E-state index is -4.65. The summed E-state index contributed by atoms with van der Waals surface area (Å²) < 4.78 is 48.0. The Bertz CT molecular complexity index is 5500. The second kappa shape index (κ2) is 35.3. The Hall–Kier alpha value is -12.8. The van der Waals surface area contributed by atoms with Crippen LogP contribution < -0.4 is 0 Å². The summed E-state index contributed by atoms with van der Waals surface area (Å²) in [7, 11) is 3.15. The van der Waals surface area contributed by atoms with E-state index in [2.05, 4.69) is 81.2 Å². The van der Waals surface area contributed by atoms with Crippen molar-refractivity contribution in [3.63, 3.8) is 0 Å². The van der Waals surface area contributed by atoms with E-state index < -0.39 is 37.5 Å². The number of nitrogens with one attached hydrogen (secondary N) is 4. The predicted octanol–water partition coefficient (Wildman–Crippen LogP) is 11.9. The van der Waals surface area contributed by atoms with Gasteiger partial charge < -0.3 is 9.63 Å². The number of ketones is 4. The zero-order valence-electron chi connectivity index (χ0n) is 59.1. The molecular weight excluding hydrogens is 1530 g/mol. The topological polar surface area (TPSA) is 524 Å². The third-order valence-corrected chi connectivity index (χ3v) is 18.9. The second-order valence-corrected chi connectivity index (χ2v) is 27.4. The summed E-state index contributed by atoms with van der Waals surface area (Å²) in [5.41, 5.74) is 6.45. The molecular formula is C65H60F3N23O15S4. The fourth-order valence-electron chi connectivity index (χ4n) is 10.1. The molecule has 0 radical (unpaired) electrons. The number of alkyl halides is 3. The van der Waals surface area contributed by atoms with Gasteiger partial charge in [-0.2, -0.15) is 28.5 Å². The van der Waals surface area contributed by atoms with Crippen LogP contribution in [0.25, 0.3) is 90.2 Å². The van der Waals surface area contributed by atoms with Crippen LogP contribution in [0.1, 0.15) is 56.2 Å². The van der Waals surface area contributed by atoms with Crippen LogP contribution in [0.5, 0.6) is 0 Å². The first-order valence-corrected chi connectivity index (χ1v) is 35.6. The number of non-ortho nitro benzene ring substituents is 4. The number of rotatable bonds is 26. The molecule has 0 fully saturated rings. The molecule has 570 valence electrons. The number of carboxylic acids is 1. The fraction of sp³-hybridized carbons (Fsp3) is 0.246. The number of H-pyrrole nitrogens is 4. The molecule has 8 heterocycles. The van der Waals surface area contributed by atoms with Gasteiger partial charge in [0.1, 0.15) is 35.4 Å². The van der Waals surface area contributed by atoms with Crippen LogP contribution >= 0.6 is 47.0 Å². The fourth-order valence-corrected chi connectivity index (χ4v) is 12.5. The third kappa shape index (κ3) is 21.3. The average Bonchev–Trinajstić information content (AvgIpc) is 1.61. The van der Waals surface area contributed by atoms with Crippen molar-refractivity contribution in [3.05, 3.63) is 160 Å². The van der Waals surface area contributed by atoms with Crippen molar-refractivity contribution in [2.24, 2.45) is 14.1 Å². The Kier molecular flexibility index (Phi) is 26.1. The largest absolute Gasteiger partial charge is 0.480 e. The normalized spacial score (nSPS) is 11.1. The molecule has 5 N–H and O–H groups in total. The first-order valence-electron chi connectivity index (χ1n) is 31.6. The van der Waals surface area contributed by atoms with Gasteiger partial charge in [-0.3, -0.25) is 98.9 Å². The van der Waals surface area contributed by atoms with Crippen molar-refractivity contribution in [1.82, 2.24) is 95.2 Å². The summed E-state index contributed by atoms with van der Waals surface area (Å²) in [5.74, 6) is 1.66. The van der Waals surface area contributed by atoms with E-state index in [0.29, 0.717) is 88.9 Å². The zero-order valence-corrected chi connectivity index (χ0v) is 62.4. The number of Topliss-reactive ketones (excluding diaryl/α,β-unsaturated/α-hetero) is 4. The number of carbonyl (C=O) groups excluding carboxylic acids is 4. The Morgan fingerprint density at radius 3 is 1.16 bits per heavy atom. The predicted molar refractivity (Wildman–Crippen MR) is 392 cm³/mol. The van der Waals surface area contributed by atoms with Gasteiger partial charge in [-0.05, 0) is 102 Å². The summed E-state index contributed by atoms with van der Waals surface area (Å²) >= 11 is 4.66. The van der Waals surface area contributed by atoms with Gasteiger partial charge >= 0.3 is 12.1 Å². The summed E-state index contributed by atoms with van der Waals surface area (Å²) in [6.07, 6.45) is -1.72. The first kappa shape index (κ1) is 81.3. The molecule has 0 aliphatic rings. The maximum atomic E-state index is 12.9. The molecule has 0 saturated heterocycles. The van der Waals surface area contributed by atoms with Gasteiger partial charge in [0, 0.05) is 119 Å². The number of aromatic nitrogens is 19. The molecule has 110 heavy (non-hydrogen) atoms. The van der Waals surface area contributed by atoms with Gasteiger partial charge in [-0.1, -0.05) is 52.2 Å². The van der Waals surface area contributed by atoms with Crippen LogP contribution in [0.3, 0.4) is 0 Å². The van der Waals surface area contributed by atoms with Crippen LogP contribution in [0.4, 0.5) is 35.9 Å². The summed E-state index contributed by atoms with van der Waals surface area (Å²) in [6, 6.07) is 18.5. The van der Waals surface area contributed by atoms with E-state index in [0.717, 1.165) is 57.3 Å². The van der Waals surface area contributed by atoms with E-state index in [-0.39, 0.29) is 103 Å². The number of nitro benzene ring substituents is 4. The SMILES string of the molecule is CC(=O)CSc1n[nH]c(-c2cc(-c3c(C)nn(C)c3C)cc([N+](=O)[O-])c2)n1.CC(=O)CSc1n[nH]c(-c2cc(-c3c(C)noc3C)cc([N+](=O)[O-])c2)n1.CC(=O)CSc1n[nH]c(-c2cc(-c3cc(C(F)(F)F)nn3C)cc([N+](=O)[O-])c2)n1.CC(=O)CSc1n[nH]c(-c2cc(-c3cnn(CC(=O)O)c3)cc([N+](=O)[O-])c2)n1. The summed E-state index contributed by atoms with van der Waals surface area (Å²) in [6.45, 7) is 12.8.